The van der Waals surface area contributed by atoms with Gasteiger partial charge in [0, 0.05) is 19.2 Å². The molecule has 1 aliphatic rings. The number of methoxy groups -OCH3 is 1. The van der Waals surface area contributed by atoms with E-state index in [1.165, 1.54) is 35.7 Å². The minimum atomic E-state index is -3.80. The van der Waals surface area contributed by atoms with Gasteiger partial charge in [-0.1, -0.05) is 24.3 Å². The van der Waals surface area contributed by atoms with Gasteiger partial charge < -0.3 is 14.2 Å². The molecule has 2 N–H and O–H groups in total. The van der Waals surface area contributed by atoms with Crippen molar-refractivity contribution in [3.8, 4) is 11.5 Å². The summed E-state index contributed by atoms with van der Waals surface area (Å²) in [5, 5.41) is 0. The molecule has 34 heavy (non-hydrogen) atoms. The van der Waals surface area contributed by atoms with Crippen molar-refractivity contribution in [3.63, 3.8) is 0 Å². The first-order valence-corrected chi connectivity index (χ1v) is 12.0. The lowest BCUT2D eigenvalue weighted by molar-refractivity contribution is -0.128. The predicted octanol–water partition coefficient (Wildman–Crippen LogP) is 1.26. The Morgan fingerprint density at radius 2 is 1.82 bits per heavy atom. The van der Waals surface area contributed by atoms with Crippen molar-refractivity contribution in [3.05, 3.63) is 59.7 Å². The molecule has 1 saturated heterocycles. The van der Waals surface area contributed by atoms with Crippen LogP contribution in [0.4, 0.5) is 0 Å². The number of hydrogen-bond acceptors (Lipinski definition) is 7. The number of aryl methyl sites for hydroxylation is 1. The normalized spacial score (nSPS) is 14.5. The maximum absolute atomic E-state index is 13.0. The van der Waals surface area contributed by atoms with Crippen LogP contribution in [0.3, 0.4) is 0 Å². The van der Waals surface area contributed by atoms with E-state index in [1.807, 2.05) is 19.1 Å². The van der Waals surface area contributed by atoms with Gasteiger partial charge >= 0.3 is 0 Å². The number of amides is 2. The average molecular weight is 490 g/mol. The highest BCUT2D eigenvalue weighted by molar-refractivity contribution is 7.89. The third kappa shape index (κ3) is 6.56. The molecule has 0 saturated carbocycles. The summed E-state index contributed by atoms with van der Waals surface area (Å²) in [7, 11) is -2.41. The van der Waals surface area contributed by atoms with Gasteiger partial charge in [0.2, 0.25) is 10.0 Å². The molecule has 0 atom stereocenters. The molecule has 0 bridgehead atoms. The van der Waals surface area contributed by atoms with Crippen LogP contribution in [0.15, 0.2) is 53.4 Å². The third-order valence-corrected chi connectivity index (χ3v) is 6.90. The van der Waals surface area contributed by atoms with E-state index in [4.69, 9.17) is 14.2 Å². The lowest BCUT2D eigenvalue weighted by Gasteiger charge is -2.26. The number of hydrogen-bond donors (Lipinski definition) is 2. The number of rotatable bonds is 8. The average Bonchev–Trinajstić information content (AvgIpc) is 2.86. The summed E-state index contributed by atoms with van der Waals surface area (Å²) in [5.74, 6) is -0.355. The maximum Gasteiger partial charge on any atom is 0.276 e. The first kappa shape index (κ1) is 25.2. The van der Waals surface area contributed by atoms with Gasteiger partial charge in [-0.3, -0.25) is 20.4 Å². The highest BCUT2D eigenvalue weighted by Gasteiger charge is 2.29. The summed E-state index contributed by atoms with van der Waals surface area (Å²) in [4.78, 5) is 24.0. The Bertz CT molecular complexity index is 1160. The highest BCUT2D eigenvalue weighted by Crippen LogP contribution is 2.28. The summed E-state index contributed by atoms with van der Waals surface area (Å²) in [5.41, 5.74) is 5.86. The molecular formula is C23H27N3O7S. The van der Waals surface area contributed by atoms with Crippen LogP contribution in [0, 0.1) is 6.92 Å². The third-order valence-electron chi connectivity index (χ3n) is 4.98. The fourth-order valence-corrected chi connectivity index (χ4v) is 4.77. The van der Waals surface area contributed by atoms with Gasteiger partial charge in [-0.2, -0.15) is 4.31 Å². The quantitative estimate of drug-likeness (QED) is 0.423. The molecule has 2 aromatic carbocycles. The van der Waals surface area contributed by atoms with E-state index in [9.17, 15) is 18.0 Å². The summed E-state index contributed by atoms with van der Waals surface area (Å²) in [6, 6.07) is 11.8. The van der Waals surface area contributed by atoms with Crippen molar-refractivity contribution in [1.29, 1.82) is 0 Å². The molecule has 1 aliphatic heterocycles. The van der Waals surface area contributed by atoms with Gasteiger partial charge in [0.05, 0.1) is 20.3 Å². The number of nitrogens with one attached hydrogen (secondary N) is 2. The summed E-state index contributed by atoms with van der Waals surface area (Å²) < 4.78 is 43.3. The van der Waals surface area contributed by atoms with Crippen molar-refractivity contribution >= 4 is 27.9 Å². The van der Waals surface area contributed by atoms with Crippen LogP contribution >= 0.6 is 0 Å². The number of para-hydroxylation sites is 1. The van der Waals surface area contributed by atoms with Crippen LogP contribution in [0.2, 0.25) is 0 Å². The number of hydrazine groups is 1. The molecular weight excluding hydrogens is 462 g/mol. The number of carbonyl (C=O) groups is 2. The smallest absolute Gasteiger partial charge is 0.276 e. The highest BCUT2D eigenvalue weighted by atomic mass is 32.2. The Morgan fingerprint density at radius 1 is 1.09 bits per heavy atom. The van der Waals surface area contributed by atoms with Crippen molar-refractivity contribution < 1.29 is 32.2 Å². The molecule has 2 amide bonds. The van der Waals surface area contributed by atoms with Crippen molar-refractivity contribution in [2.75, 3.05) is 40.0 Å². The van der Waals surface area contributed by atoms with E-state index in [1.54, 1.807) is 18.2 Å². The SMILES string of the molecule is COc1ccc(/C=C/C(=O)NNC(=O)COc2ccccc2C)cc1S(=O)(=O)N1CCOCC1. The largest absolute Gasteiger partial charge is 0.495 e. The number of nitrogens with zero attached hydrogens (tertiary/aromatic N) is 1. The molecule has 1 fully saturated rings. The second kappa shape index (κ2) is 11.6. The lowest BCUT2D eigenvalue weighted by atomic mass is 10.2. The first-order chi connectivity index (χ1) is 16.3. The predicted molar refractivity (Wildman–Crippen MR) is 125 cm³/mol. The zero-order valence-electron chi connectivity index (χ0n) is 18.9. The van der Waals surface area contributed by atoms with E-state index in [0.717, 1.165) is 5.56 Å². The Kier molecular flexibility index (Phi) is 8.63. The van der Waals surface area contributed by atoms with E-state index in [2.05, 4.69) is 10.9 Å². The van der Waals surface area contributed by atoms with E-state index in [0.29, 0.717) is 24.5 Å². The molecule has 2 aromatic rings. The van der Waals surface area contributed by atoms with Crippen LogP contribution in [-0.4, -0.2) is 64.6 Å². The van der Waals surface area contributed by atoms with Gasteiger partial charge in [0.25, 0.3) is 11.8 Å². The Labute approximate surface area is 198 Å². The second-order valence-corrected chi connectivity index (χ2v) is 9.26. The molecule has 182 valence electrons. The zero-order valence-corrected chi connectivity index (χ0v) is 19.8. The van der Waals surface area contributed by atoms with Crippen LogP contribution in [-0.2, 0) is 24.3 Å². The van der Waals surface area contributed by atoms with Gasteiger partial charge in [-0.25, -0.2) is 8.42 Å². The van der Waals surface area contributed by atoms with Crippen LogP contribution in [0.1, 0.15) is 11.1 Å². The van der Waals surface area contributed by atoms with Gasteiger partial charge in [0.1, 0.15) is 16.4 Å². The summed E-state index contributed by atoms with van der Waals surface area (Å²) in [6.07, 6.45) is 2.61. The zero-order chi connectivity index (χ0) is 24.6. The molecule has 11 heteroatoms. The number of benzene rings is 2. The number of morpholine rings is 1. The fourth-order valence-electron chi connectivity index (χ4n) is 3.17. The van der Waals surface area contributed by atoms with E-state index < -0.39 is 21.8 Å². The summed E-state index contributed by atoms with van der Waals surface area (Å²) in [6.45, 7) is 2.74. The topological polar surface area (TPSA) is 123 Å². The lowest BCUT2D eigenvalue weighted by Crippen LogP contribution is -2.43. The van der Waals surface area contributed by atoms with Gasteiger partial charge in [0.15, 0.2) is 6.61 Å². The number of carbonyl (C=O) groups excluding carboxylic acids is 2. The Balaban J connectivity index is 1.59. The maximum atomic E-state index is 13.0. The number of ether oxygens (including phenoxy) is 3. The Morgan fingerprint density at radius 3 is 2.53 bits per heavy atom. The Hall–Kier alpha value is -3.41. The van der Waals surface area contributed by atoms with Crippen molar-refractivity contribution in [2.45, 2.75) is 11.8 Å². The monoisotopic (exact) mass is 489 g/mol. The molecule has 3 rings (SSSR count). The van der Waals surface area contributed by atoms with Crippen LogP contribution < -0.4 is 20.3 Å². The van der Waals surface area contributed by atoms with Crippen LogP contribution in [0.5, 0.6) is 11.5 Å². The number of sulfonamides is 1. The molecule has 0 aromatic heterocycles. The molecule has 0 unspecified atom stereocenters. The van der Waals surface area contributed by atoms with Crippen LogP contribution in [0.25, 0.3) is 6.08 Å². The van der Waals surface area contributed by atoms with Gasteiger partial charge in [-0.15, -0.1) is 0 Å². The van der Waals surface area contributed by atoms with Gasteiger partial charge in [-0.05, 0) is 42.3 Å². The second-order valence-electron chi connectivity index (χ2n) is 7.35. The van der Waals surface area contributed by atoms with E-state index in [-0.39, 0.29) is 30.3 Å². The molecule has 10 nitrogen and oxygen atoms in total. The minimum absolute atomic E-state index is 0.00103. The molecule has 0 aliphatic carbocycles. The van der Waals surface area contributed by atoms with Crippen molar-refractivity contribution in [1.82, 2.24) is 15.2 Å². The van der Waals surface area contributed by atoms with Crippen molar-refractivity contribution in [2.24, 2.45) is 0 Å². The standard InChI is InChI=1S/C23H27N3O7S/c1-17-5-3-4-6-19(17)33-16-23(28)25-24-22(27)10-8-18-7-9-20(31-2)21(15-18)34(29,30)26-11-13-32-14-12-26/h3-10,15H,11-14,16H2,1-2H3,(H,24,27)(H,25,28)/b10-8+. The minimum Gasteiger partial charge on any atom is -0.495 e. The van der Waals surface area contributed by atoms with E-state index >= 15 is 0 Å². The first-order valence-electron chi connectivity index (χ1n) is 10.5. The molecule has 1 heterocycles. The molecule has 0 spiro atoms. The fraction of sp³-hybridized carbons (Fsp3) is 0.304. The molecule has 0 radical (unpaired) electrons. The summed E-state index contributed by atoms with van der Waals surface area (Å²) >= 11 is 0.